The maximum absolute atomic E-state index is 14.0. The number of hydrogen-bond acceptors (Lipinski definition) is 6. The summed E-state index contributed by atoms with van der Waals surface area (Å²) in [6.45, 7) is -0.500. The second-order valence-corrected chi connectivity index (χ2v) is 10.0. The molecule has 0 heterocycles. The first-order valence-electron chi connectivity index (χ1n) is 10.6. The predicted molar refractivity (Wildman–Crippen MR) is 125 cm³/mol. The molecule has 0 aromatic heterocycles. The minimum absolute atomic E-state index is 0.131. The molecule has 1 aliphatic rings. The van der Waals surface area contributed by atoms with E-state index in [1.807, 2.05) is 0 Å². The first-order valence-corrected chi connectivity index (χ1v) is 12.4. The van der Waals surface area contributed by atoms with Gasteiger partial charge in [0.15, 0.2) is 29.7 Å². The molecule has 0 amide bonds. The molecular formula is C24H21ClFNO7S. The molecule has 0 saturated heterocycles. The number of fused-ring (bicyclic) bond motifs is 1. The second-order valence-electron chi connectivity index (χ2n) is 7.88. The lowest BCUT2D eigenvalue weighted by molar-refractivity contribution is -0.139. The lowest BCUT2D eigenvalue weighted by Crippen LogP contribution is -2.31. The molecule has 0 radical (unpaired) electrons. The molecule has 3 aromatic rings. The van der Waals surface area contributed by atoms with Crippen LogP contribution in [0.3, 0.4) is 0 Å². The van der Waals surface area contributed by atoms with E-state index in [0.717, 1.165) is 17.7 Å². The van der Waals surface area contributed by atoms with Crippen molar-refractivity contribution < 1.29 is 37.3 Å². The van der Waals surface area contributed by atoms with Gasteiger partial charge in [0.05, 0.1) is 4.90 Å². The molecule has 3 N–H and O–H groups in total. The molecular weight excluding hydrogens is 501 g/mol. The third-order valence-corrected chi connectivity index (χ3v) is 7.17. The maximum atomic E-state index is 14.0. The van der Waals surface area contributed by atoms with Crippen LogP contribution < -0.4 is 14.2 Å². The first kappa shape index (κ1) is 24.8. The molecule has 0 spiro atoms. The predicted octanol–water partition coefficient (Wildman–Crippen LogP) is 4.80. The van der Waals surface area contributed by atoms with E-state index in [2.05, 4.69) is 4.72 Å². The third kappa shape index (κ3) is 5.67. The zero-order valence-corrected chi connectivity index (χ0v) is 19.8. The van der Waals surface area contributed by atoms with Crippen LogP contribution in [0.5, 0.6) is 23.0 Å². The Morgan fingerprint density at radius 1 is 1.11 bits per heavy atom. The molecule has 3 aromatic carbocycles. The van der Waals surface area contributed by atoms with Gasteiger partial charge in [-0.1, -0.05) is 23.7 Å². The van der Waals surface area contributed by atoms with Crippen molar-refractivity contribution in [2.45, 2.75) is 30.2 Å². The SMILES string of the molecule is O=C(O)COc1cccc2c1CCC[C@H]2NS(=O)(=O)c1ccc(Oc2ccc(Cl)cc2F)c(O)c1. The zero-order valence-electron chi connectivity index (χ0n) is 18.2. The standard InChI is InChI=1S/C24H21ClFNO7S/c25-14-7-9-22(18(26)11-14)34-23-10-8-15(12-20(23)28)35(31,32)27-19-5-1-4-17-16(19)3-2-6-21(17)33-13-24(29)30/h2-3,6-12,19,27-28H,1,4-5,13H2,(H,29,30)/t19-/m1/s1. The number of sulfonamides is 1. The van der Waals surface area contributed by atoms with Crippen LogP contribution in [0.2, 0.25) is 5.02 Å². The molecule has 11 heteroatoms. The van der Waals surface area contributed by atoms with E-state index in [-0.39, 0.29) is 21.4 Å². The second kappa shape index (κ2) is 10.1. The number of benzene rings is 3. The third-order valence-electron chi connectivity index (χ3n) is 5.47. The number of carboxylic acids is 1. The molecule has 35 heavy (non-hydrogen) atoms. The Morgan fingerprint density at radius 3 is 2.60 bits per heavy atom. The highest BCUT2D eigenvalue weighted by atomic mass is 35.5. The van der Waals surface area contributed by atoms with Gasteiger partial charge in [0.2, 0.25) is 10.0 Å². The van der Waals surface area contributed by atoms with Crippen LogP contribution in [-0.4, -0.2) is 31.2 Å². The van der Waals surface area contributed by atoms with Crippen LogP contribution in [0.4, 0.5) is 4.39 Å². The van der Waals surface area contributed by atoms with E-state index in [4.69, 9.17) is 26.2 Å². The monoisotopic (exact) mass is 521 g/mol. The number of carboxylic acid groups (broad SMARTS) is 1. The van der Waals surface area contributed by atoms with Crippen molar-refractivity contribution in [1.82, 2.24) is 4.72 Å². The van der Waals surface area contributed by atoms with Gasteiger partial charge in [0.1, 0.15) is 5.75 Å². The van der Waals surface area contributed by atoms with Crippen LogP contribution in [0.25, 0.3) is 0 Å². The number of aromatic hydroxyl groups is 1. The van der Waals surface area contributed by atoms with E-state index >= 15 is 0 Å². The Labute approximate surface area is 205 Å². The first-order chi connectivity index (χ1) is 16.6. The van der Waals surface area contributed by atoms with Crippen molar-refractivity contribution in [3.05, 3.63) is 76.6 Å². The Bertz CT molecular complexity index is 1380. The summed E-state index contributed by atoms with van der Waals surface area (Å²) in [4.78, 5) is 10.7. The van der Waals surface area contributed by atoms with Gasteiger partial charge in [-0.3, -0.25) is 0 Å². The number of nitrogens with one attached hydrogen (secondary N) is 1. The highest BCUT2D eigenvalue weighted by molar-refractivity contribution is 7.89. The Morgan fingerprint density at radius 2 is 1.89 bits per heavy atom. The maximum Gasteiger partial charge on any atom is 0.341 e. The Kier molecular flexibility index (Phi) is 7.15. The summed E-state index contributed by atoms with van der Waals surface area (Å²) < 4.78 is 53.5. The van der Waals surface area contributed by atoms with E-state index in [0.29, 0.717) is 30.6 Å². The van der Waals surface area contributed by atoms with Crippen LogP contribution in [0.15, 0.2) is 59.5 Å². The van der Waals surface area contributed by atoms with Crippen LogP contribution in [0.1, 0.15) is 30.0 Å². The number of carbonyl (C=O) groups is 1. The summed E-state index contributed by atoms with van der Waals surface area (Å²) in [7, 11) is -4.06. The van der Waals surface area contributed by atoms with Gasteiger partial charge in [-0.05, 0) is 66.8 Å². The molecule has 1 aliphatic carbocycles. The molecule has 0 aliphatic heterocycles. The fourth-order valence-corrected chi connectivity index (χ4v) is 5.32. The van der Waals surface area contributed by atoms with Crippen LogP contribution in [0, 0.1) is 5.82 Å². The van der Waals surface area contributed by atoms with Crippen molar-refractivity contribution in [3.8, 4) is 23.0 Å². The molecule has 8 nitrogen and oxygen atoms in total. The lowest BCUT2D eigenvalue weighted by Gasteiger charge is -2.27. The Hall–Kier alpha value is -3.34. The number of rotatable bonds is 8. The van der Waals surface area contributed by atoms with Gasteiger partial charge >= 0.3 is 5.97 Å². The van der Waals surface area contributed by atoms with Gasteiger partial charge in [0, 0.05) is 17.1 Å². The van der Waals surface area contributed by atoms with Crippen molar-refractivity contribution >= 4 is 27.6 Å². The highest BCUT2D eigenvalue weighted by Crippen LogP contribution is 2.38. The topological polar surface area (TPSA) is 122 Å². The molecule has 0 saturated carbocycles. The van der Waals surface area contributed by atoms with Gasteiger partial charge in [-0.15, -0.1) is 0 Å². The zero-order chi connectivity index (χ0) is 25.2. The highest BCUT2D eigenvalue weighted by Gasteiger charge is 2.28. The summed E-state index contributed by atoms with van der Waals surface area (Å²) >= 11 is 5.72. The molecule has 4 rings (SSSR count). The van der Waals surface area contributed by atoms with Gasteiger partial charge < -0.3 is 19.7 Å². The summed E-state index contributed by atoms with van der Waals surface area (Å²) in [5.74, 6) is -2.25. The average Bonchev–Trinajstić information content (AvgIpc) is 2.80. The quantitative estimate of drug-likeness (QED) is 0.389. The van der Waals surface area contributed by atoms with Crippen molar-refractivity contribution in [1.29, 1.82) is 0 Å². The van der Waals surface area contributed by atoms with E-state index in [1.54, 1.807) is 18.2 Å². The van der Waals surface area contributed by atoms with Crippen molar-refractivity contribution in [2.24, 2.45) is 0 Å². The van der Waals surface area contributed by atoms with E-state index < -0.39 is 40.2 Å². The van der Waals surface area contributed by atoms with Crippen LogP contribution >= 0.6 is 11.6 Å². The fourth-order valence-electron chi connectivity index (χ4n) is 3.89. The van der Waals surface area contributed by atoms with E-state index in [9.17, 15) is 22.7 Å². The molecule has 1 atom stereocenters. The number of halogens is 2. The summed E-state index contributed by atoms with van der Waals surface area (Å²) in [5.41, 5.74) is 1.45. The number of aliphatic carboxylic acids is 1. The summed E-state index contributed by atoms with van der Waals surface area (Å²) in [6.07, 6.45) is 1.81. The minimum Gasteiger partial charge on any atom is -0.504 e. The number of phenolic OH excluding ortho intramolecular Hbond substituents is 1. The lowest BCUT2D eigenvalue weighted by atomic mass is 9.87. The Balaban J connectivity index is 1.55. The summed E-state index contributed by atoms with van der Waals surface area (Å²) in [6, 6.07) is 11.8. The molecule has 184 valence electrons. The minimum atomic E-state index is -4.06. The smallest absolute Gasteiger partial charge is 0.341 e. The molecule has 0 fully saturated rings. The molecule has 0 unspecified atom stereocenters. The largest absolute Gasteiger partial charge is 0.504 e. The summed E-state index contributed by atoms with van der Waals surface area (Å²) in [5, 5.41) is 19.4. The fraction of sp³-hybridized carbons (Fsp3) is 0.208. The van der Waals surface area contributed by atoms with Gasteiger partial charge in [0.25, 0.3) is 0 Å². The number of ether oxygens (including phenoxy) is 2. The van der Waals surface area contributed by atoms with Gasteiger partial charge in [-0.25, -0.2) is 22.3 Å². The van der Waals surface area contributed by atoms with Gasteiger partial charge in [-0.2, -0.15) is 0 Å². The molecule has 0 bridgehead atoms. The van der Waals surface area contributed by atoms with Crippen molar-refractivity contribution in [3.63, 3.8) is 0 Å². The van der Waals surface area contributed by atoms with E-state index in [1.165, 1.54) is 24.3 Å². The average molecular weight is 522 g/mol. The van der Waals surface area contributed by atoms with Crippen molar-refractivity contribution in [2.75, 3.05) is 6.61 Å². The van der Waals surface area contributed by atoms with Crippen LogP contribution in [-0.2, 0) is 21.2 Å². The number of hydrogen-bond donors (Lipinski definition) is 3. The number of phenols is 1. The normalized spacial score (nSPS) is 15.3.